The van der Waals surface area contributed by atoms with Crippen molar-refractivity contribution >= 4 is 28.1 Å². The largest absolute Gasteiger partial charge is 0.464 e. The van der Waals surface area contributed by atoms with E-state index in [1.807, 2.05) is 0 Å². The predicted octanol–water partition coefficient (Wildman–Crippen LogP) is 0.0766. The molecule has 1 rings (SSSR count). The second kappa shape index (κ2) is 3.85. The number of oxime groups is 1. The van der Waals surface area contributed by atoms with Gasteiger partial charge in [0.2, 0.25) is 5.71 Å². The molecule has 0 aliphatic heterocycles. The van der Waals surface area contributed by atoms with E-state index in [-0.39, 0.29) is 11.4 Å². The minimum absolute atomic E-state index is 0.205. The van der Waals surface area contributed by atoms with Crippen LogP contribution < -0.4 is 5.73 Å². The molecule has 0 fully saturated rings. The third kappa shape index (κ3) is 1.94. The highest BCUT2D eigenvalue weighted by Crippen LogP contribution is 2.12. The fraction of sp³-hybridized carbons (Fsp3) is 0.167. The summed E-state index contributed by atoms with van der Waals surface area (Å²) in [5, 5.41) is 13.1. The van der Waals surface area contributed by atoms with E-state index in [9.17, 15) is 4.79 Å². The molecule has 0 bridgehead atoms. The van der Waals surface area contributed by atoms with E-state index in [0.29, 0.717) is 5.13 Å². The second-order valence-electron chi connectivity index (χ2n) is 2.01. The Morgan fingerprint density at radius 2 is 2.54 bits per heavy atom. The highest BCUT2D eigenvalue weighted by Gasteiger charge is 2.17. The van der Waals surface area contributed by atoms with Crippen molar-refractivity contribution in [1.29, 1.82) is 0 Å². The lowest BCUT2D eigenvalue weighted by Gasteiger charge is -1.96. The monoisotopic (exact) mass is 201 g/mol. The topological polar surface area (TPSA) is 97.8 Å². The number of esters is 1. The van der Waals surface area contributed by atoms with Crippen molar-refractivity contribution in [2.45, 2.75) is 0 Å². The van der Waals surface area contributed by atoms with Gasteiger partial charge in [-0.15, -0.1) is 11.3 Å². The number of nitrogens with two attached hydrogens (primary N) is 1. The summed E-state index contributed by atoms with van der Waals surface area (Å²) in [5.41, 5.74) is 5.28. The summed E-state index contributed by atoms with van der Waals surface area (Å²) < 4.78 is 4.36. The number of anilines is 1. The van der Waals surface area contributed by atoms with Gasteiger partial charge in [-0.3, -0.25) is 0 Å². The summed E-state index contributed by atoms with van der Waals surface area (Å²) in [6, 6.07) is 0. The summed E-state index contributed by atoms with van der Waals surface area (Å²) in [6.07, 6.45) is 0. The molecule has 0 spiro atoms. The molecule has 1 aromatic rings. The lowest BCUT2D eigenvalue weighted by molar-refractivity contribution is -0.132. The number of carbonyl (C=O) groups is 1. The Balaban J connectivity index is 2.99. The maximum Gasteiger partial charge on any atom is 0.362 e. The number of hydrogen-bond donors (Lipinski definition) is 2. The minimum atomic E-state index is -0.757. The van der Waals surface area contributed by atoms with E-state index in [4.69, 9.17) is 10.9 Å². The molecule has 0 saturated carbocycles. The third-order valence-electron chi connectivity index (χ3n) is 1.24. The zero-order valence-corrected chi connectivity index (χ0v) is 7.54. The van der Waals surface area contributed by atoms with Crippen LogP contribution in [0.2, 0.25) is 0 Å². The first kappa shape index (κ1) is 9.46. The van der Waals surface area contributed by atoms with Gasteiger partial charge in [0.25, 0.3) is 0 Å². The van der Waals surface area contributed by atoms with Crippen molar-refractivity contribution in [3.8, 4) is 0 Å². The van der Waals surface area contributed by atoms with Crippen LogP contribution in [0.4, 0.5) is 5.13 Å². The lowest BCUT2D eigenvalue weighted by Crippen LogP contribution is -2.17. The highest BCUT2D eigenvalue weighted by atomic mass is 32.1. The fourth-order valence-electron chi connectivity index (χ4n) is 0.690. The minimum Gasteiger partial charge on any atom is -0.464 e. The molecule has 3 N–H and O–H groups in total. The first-order chi connectivity index (χ1) is 6.19. The summed E-state index contributed by atoms with van der Waals surface area (Å²) in [6.45, 7) is 0. The molecule has 0 aliphatic rings. The van der Waals surface area contributed by atoms with E-state index in [0.717, 1.165) is 11.3 Å². The van der Waals surface area contributed by atoms with Gasteiger partial charge >= 0.3 is 5.97 Å². The van der Waals surface area contributed by atoms with Gasteiger partial charge in [0.1, 0.15) is 5.69 Å². The van der Waals surface area contributed by atoms with E-state index < -0.39 is 5.97 Å². The van der Waals surface area contributed by atoms with Gasteiger partial charge in [-0.2, -0.15) is 0 Å². The molecule has 0 radical (unpaired) electrons. The van der Waals surface area contributed by atoms with Crippen molar-refractivity contribution in [2.75, 3.05) is 12.8 Å². The van der Waals surface area contributed by atoms with Gasteiger partial charge in [-0.25, -0.2) is 9.78 Å². The maximum atomic E-state index is 11.0. The number of hydrogen-bond acceptors (Lipinski definition) is 7. The van der Waals surface area contributed by atoms with E-state index >= 15 is 0 Å². The molecule has 6 nitrogen and oxygen atoms in total. The van der Waals surface area contributed by atoms with Crippen molar-refractivity contribution < 1.29 is 14.7 Å². The number of aromatic nitrogens is 1. The Morgan fingerprint density at radius 3 is 2.92 bits per heavy atom. The Morgan fingerprint density at radius 1 is 1.85 bits per heavy atom. The predicted molar refractivity (Wildman–Crippen MR) is 46.9 cm³/mol. The fourth-order valence-corrected chi connectivity index (χ4v) is 1.24. The molecule has 0 saturated heterocycles. The number of ether oxygens (including phenoxy) is 1. The van der Waals surface area contributed by atoms with Gasteiger partial charge in [0.15, 0.2) is 5.13 Å². The Kier molecular flexibility index (Phi) is 2.80. The zero-order valence-electron chi connectivity index (χ0n) is 6.72. The quantitative estimate of drug-likeness (QED) is 0.305. The zero-order chi connectivity index (χ0) is 9.84. The SMILES string of the molecule is COC(=O)/C(=N/O)c1csc(N)n1. The summed E-state index contributed by atoms with van der Waals surface area (Å²) >= 11 is 1.14. The molecule has 1 aromatic heterocycles. The highest BCUT2D eigenvalue weighted by molar-refractivity contribution is 7.13. The van der Waals surface area contributed by atoms with Crippen LogP contribution in [-0.4, -0.2) is 29.0 Å². The van der Waals surface area contributed by atoms with Crippen molar-refractivity contribution in [3.63, 3.8) is 0 Å². The first-order valence-corrected chi connectivity index (χ1v) is 4.08. The number of methoxy groups -OCH3 is 1. The second-order valence-corrected chi connectivity index (χ2v) is 2.90. The van der Waals surface area contributed by atoms with Crippen LogP contribution in [0, 0.1) is 0 Å². The van der Waals surface area contributed by atoms with Crippen LogP contribution in [0.1, 0.15) is 5.69 Å². The van der Waals surface area contributed by atoms with Crippen LogP contribution in [0.15, 0.2) is 10.5 Å². The average molecular weight is 201 g/mol. The third-order valence-corrected chi connectivity index (χ3v) is 1.92. The van der Waals surface area contributed by atoms with Crippen LogP contribution in [-0.2, 0) is 9.53 Å². The summed E-state index contributed by atoms with van der Waals surface area (Å²) in [5.74, 6) is -0.757. The maximum absolute atomic E-state index is 11.0. The van der Waals surface area contributed by atoms with Crippen molar-refractivity contribution in [3.05, 3.63) is 11.1 Å². The normalized spacial score (nSPS) is 11.3. The Hall–Kier alpha value is -1.63. The van der Waals surface area contributed by atoms with E-state index in [1.54, 1.807) is 0 Å². The number of rotatable bonds is 2. The van der Waals surface area contributed by atoms with Gasteiger partial charge in [0, 0.05) is 5.38 Å². The average Bonchev–Trinajstić information content (AvgIpc) is 2.53. The van der Waals surface area contributed by atoms with Crippen LogP contribution in [0.3, 0.4) is 0 Å². The van der Waals surface area contributed by atoms with Crippen LogP contribution in [0.25, 0.3) is 0 Å². The molecule has 7 heteroatoms. The molecule has 0 aliphatic carbocycles. The molecule has 0 unspecified atom stereocenters. The van der Waals surface area contributed by atoms with Gasteiger partial charge in [-0.05, 0) is 0 Å². The molecule has 70 valence electrons. The number of thiazole rings is 1. The first-order valence-electron chi connectivity index (χ1n) is 3.20. The summed E-state index contributed by atoms with van der Waals surface area (Å²) in [4.78, 5) is 14.7. The standard InChI is InChI=1S/C6H7N3O3S/c1-12-5(10)4(9-11)3-2-13-6(7)8-3/h2,11H,1H3,(H2,7,8)/b9-4+. The Bertz CT molecular complexity index is 347. The molecule has 0 atom stereocenters. The van der Waals surface area contributed by atoms with Crippen LogP contribution in [0.5, 0.6) is 0 Å². The van der Waals surface area contributed by atoms with E-state index in [1.165, 1.54) is 12.5 Å². The van der Waals surface area contributed by atoms with Gasteiger partial charge in [-0.1, -0.05) is 5.16 Å². The van der Waals surface area contributed by atoms with Gasteiger partial charge in [0.05, 0.1) is 7.11 Å². The lowest BCUT2D eigenvalue weighted by atomic mass is 10.3. The molecule has 0 amide bonds. The molecule has 1 heterocycles. The van der Waals surface area contributed by atoms with Gasteiger partial charge < -0.3 is 15.7 Å². The molecular weight excluding hydrogens is 194 g/mol. The number of carbonyl (C=O) groups excluding carboxylic acids is 1. The van der Waals surface area contributed by atoms with Crippen molar-refractivity contribution in [1.82, 2.24) is 4.98 Å². The number of nitrogen functional groups attached to an aromatic ring is 1. The number of nitrogens with zero attached hydrogens (tertiary/aromatic N) is 2. The molecular formula is C6H7N3O3S. The Labute approximate surface area is 77.6 Å². The summed E-state index contributed by atoms with van der Waals surface area (Å²) in [7, 11) is 1.18. The van der Waals surface area contributed by atoms with Crippen LogP contribution >= 0.6 is 11.3 Å². The molecule has 0 aromatic carbocycles. The van der Waals surface area contributed by atoms with Crippen molar-refractivity contribution in [2.24, 2.45) is 5.16 Å². The smallest absolute Gasteiger partial charge is 0.362 e. The molecule has 13 heavy (non-hydrogen) atoms. The van der Waals surface area contributed by atoms with E-state index in [2.05, 4.69) is 14.9 Å².